The zero-order chi connectivity index (χ0) is 17.6. The molecule has 0 aliphatic carbocycles. The van der Waals surface area contributed by atoms with Crippen molar-refractivity contribution in [3.8, 4) is 0 Å². The van der Waals surface area contributed by atoms with Crippen molar-refractivity contribution in [1.82, 2.24) is 14.7 Å². The topological polar surface area (TPSA) is 30.3 Å². The highest BCUT2D eigenvalue weighted by Crippen LogP contribution is 2.19. The van der Waals surface area contributed by atoms with Gasteiger partial charge in [-0.15, -0.1) is 6.58 Å². The van der Waals surface area contributed by atoms with E-state index in [0.717, 1.165) is 43.8 Å². The first kappa shape index (κ1) is 17.8. The molecule has 1 aromatic carbocycles. The van der Waals surface area contributed by atoms with Gasteiger partial charge in [-0.1, -0.05) is 18.2 Å². The summed E-state index contributed by atoms with van der Waals surface area (Å²) in [5.74, 6) is -0.190. The molecule has 1 atom stereocenters. The molecule has 3 rings (SSSR count). The number of nitrogens with zero attached hydrogens (tertiary/aromatic N) is 3. The molecule has 1 aliphatic rings. The zero-order valence-corrected chi connectivity index (χ0v) is 14.8. The Labute approximate surface area is 148 Å². The van der Waals surface area contributed by atoms with Crippen LogP contribution in [0, 0.1) is 12.7 Å². The fraction of sp³-hybridized carbons (Fsp3) is 0.450. The normalized spacial score (nSPS) is 17.3. The Morgan fingerprint density at radius 2 is 2.32 bits per heavy atom. The molecule has 0 N–H and O–H groups in total. The zero-order valence-electron chi connectivity index (χ0n) is 14.8. The van der Waals surface area contributed by atoms with Crippen LogP contribution in [0.2, 0.25) is 0 Å². The molecule has 134 valence electrons. The van der Waals surface area contributed by atoms with Gasteiger partial charge in [-0.05, 0) is 37.5 Å². The second-order valence-electron chi connectivity index (χ2n) is 6.66. The first-order valence-electron chi connectivity index (χ1n) is 8.86. The number of benzene rings is 1. The number of aromatic nitrogens is 2. The second kappa shape index (κ2) is 8.41. The van der Waals surface area contributed by atoms with E-state index in [-0.39, 0.29) is 11.9 Å². The molecule has 1 fully saturated rings. The molecule has 25 heavy (non-hydrogen) atoms. The molecular formula is C20H26FN3O. The van der Waals surface area contributed by atoms with E-state index < -0.39 is 0 Å². The van der Waals surface area contributed by atoms with Gasteiger partial charge in [0.25, 0.3) is 0 Å². The van der Waals surface area contributed by atoms with Gasteiger partial charge < -0.3 is 4.74 Å². The average Bonchev–Trinajstić information content (AvgIpc) is 3.20. The number of rotatable bonds is 8. The molecule has 1 saturated heterocycles. The minimum Gasteiger partial charge on any atom is -0.377 e. The molecule has 0 spiro atoms. The molecule has 0 radical (unpaired) electrons. The lowest BCUT2D eigenvalue weighted by atomic mass is 10.1. The molecule has 2 heterocycles. The Morgan fingerprint density at radius 3 is 3.04 bits per heavy atom. The van der Waals surface area contributed by atoms with E-state index in [0.29, 0.717) is 13.1 Å². The summed E-state index contributed by atoms with van der Waals surface area (Å²) in [6.07, 6.45) is 6.24. The monoisotopic (exact) mass is 343 g/mol. The largest absolute Gasteiger partial charge is 0.377 e. The average molecular weight is 343 g/mol. The molecule has 1 aromatic heterocycles. The van der Waals surface area contributed by atoms with Crippen molar-refractivity contribution in [2.75, 3.05) is 13.2 Å². The van der Waals surface area contributed by atoms with Crippen LogP contribution in [0.1, 0.15) is 29.7 Å². The molecule has 0 bridgehead atoms. The van der Waals surface area contributed by atoms with Crippen LogP contribution in [0.4, 0.5) is 4.39 Å². The van der Waals surface area contributed by atoms with Crippen LogP contribution < -0.4 is 0 Å². The number of hydrogen-bond donors (Lipinski definition) is 0. The highest BCUT2D eigenvalue weighted by molar-refractivity contribution is 5.19. The van der Waals surface area contributed by atoms with Crippen molar-refractivity contribution in [1.29, 1.82) is 0 Å². The summed E-state index contributed by atoms with van der Waals surface area (Å²) in [5, 5.41) is 4.44. The maximum Gasteiger partial charge on any atom is 0.123 e. The summed E-state index contributed by atoms with van der Waals surface area (Å²) in [6.45, 7) is 9.74. The van der Waals surface area contributed by atoms with Crippen LogP contribution in [-0.4, -0.2) is 33.9 Å². The molecule has 0 amide bonds. The summed E-state index contributed by atoms with van der Waals surface area (Å²) in [7, 11) is 0. The molecule has 5 heteroatoms. The summed E-state index contributed by atoms with van der Waals surface area (Å²) < 4.78 is 21.3. The van der Waals surface area contributed by atoms with Crippen molar-refractivity contribution < 1.29 is 9.13 Å². The fourth-order valence-corrected chi connectivity index (χ4v) is 3.34. The predicted molar refractivity (Wildman–Crippen MR) is 96.6 cm³/mol. The van der Waals surface area contributed by atoms with Gasteiger partial charge >= 0.3 is 0 Å². The van der Waals surface area contributed by atoms with Crippen molar-refractivity contribution in [3.05, 3.63) is 65.8 Å². The number of allylic oxidation sites excluding steroid dienone is 1. The van der Waals surface area contributed by atoms with E-state index in [4.69, 9.17) is 4.74 Å². The van der Waals surface area contributed by atoms with Crippen LogP contribution >= 0.6 is 0 Å². The Bertz CT molecular complexity index is 707. The fourth-order valence-electron chi connectivity index (χ4n) is 3.34. The number of ether oxygens (including phenoxy) is 1. The highest BCUT2D eigenvalue weighted by atomic mass is 19.1. The molecule has 1 aliphatic heterocycles. The van der Waals surface area contributed by atoms with Gasteiger partial charge in [0.1, 0.15) is 5.82 Å². The number of hydrogen-bond acceptors (Lipinski definition) is 3. The van der Waals surface area contributed by atoms with E-state index in [1.54, 1.807) is 12.1 Å². The molecule has 4 nitrogen and oxygen atoms in total. The third-order valence-electron chi connectivity index (χ3n) is 4.68. The minimum atomic E-state index is -0.190. The summed E-state index contributed by atoms with van der Waals surface area (Å²) >= 11 is 0. The Morgan fingerprint density at radius 1 is 1.44 bits per heavy atom. The van der Waals surface area contributed by atoms with Gasteiger partial charge in [-0.2, -0.15) is 5.10 Å². The van der Waals surface area contributed by atoms with Crippen molar-refractivity contribution >= 4 is 0 Å². The third-order valence-corrected chi connectivity index (χ3v) is 4.68. The van der Waals surface area contributed by atoms with Crippen molar-refractivity contribution in [3.63, 3.8) is 0 Å². The smallest absolute Gasteiger partial charge is 0.123 e. The van der Waals surface area contributed by atoms with Gasteiger partial charge in [-0.3, -0.25) is 9.58 Å². The summed E-state index contributed by atoms with van der Waals surface area (Å²) in [4.78, 5) is 2.33. The quantitative estimate of drug-likeness (QED) is 0.685. The first-order chi connectivity index (χ1) is 12.2. The van der Waals surface area contributed by atoms with Gasteiger partial charge in [0.15, 0.2) is 0 Å². The van der Waals surface area contributed by atoms with Crippen molar-refractivity contribution in [2.45, 2.75) is 45.5 Å². The first-order valence-corrected chi connectivity index (χ1v) is 8.86. The SMILES string of the molecule is C=CCn1ncc(CN(Cc2cccc(F)c2)C[C@@H]2CCCO2)c1C. The van der Waals surface area contributed by atoms with E-state index >= 15 is 0 Å². The number of halogens is 1. The van der Waals surface area contributed by atoms with E-state index in [2.05, 4.69) is 23.5 Å². The molecule has 2 aromatic rings. The predicted octanol–water partition coefficient (Wildman–Crippen LogP) is 3.70. The molecule has 0 unspecified atom stereocenters. The Kier molecular flexibility index (Phi) is 6.00. The molecule has 0 saturated carbocycles. The van der Waals surface area contributed by atoms with E-state index in [9.17, 15) is 4.39 Å². The van der Waals surface area contributed by atoms with Crippen LogP contribution in [0.5, 0.6) is 0 Å². The van der Waals surface area contributed by atoms with Crippen molar-refractivity contribution in [2.24, 2.45) is 0 Å². The third kappa shape index (κ3) is 4.77. The standard InChI is InChI=1S/C20H26FN3O/c1-3-9-24-16(2)18(12-22-24)14-23(15-20-8-5-10-25-20)13-17-6-4-7-19(21)11-17/h3-4,6-7,11-12,20H,1,5,8-10,13-15H2,2H3/t20-/m0/s1. The van der Waals surface area contributed by atoms with E-state index in [1.165, 1.54) is 11.6 Å². The van der Waals surface area contributed by atoms with E-state index in [1.807, 2.05) is 23.0 Å². The van der Waals surface area contributed by atoms with Crippen LogP contribution in [0.25, 0.3) is 0 Å². The maximum absolute atomic E-state index is 13.5. The van der Waals surface area contributed by atoms with Gasteiger partial charge in [-0.25, -0.2) is 4.39 Å². The second-order valence-corrected chi connectivity index (χ2v) is 6.66. The lowest BCUT2D eigenvalue weighted by molar-refractivity contribution is 0.0678. The van der Waals surface area contributed by atoms with Gasteiger partial charge in [0.2, 0.25) is 0 Å². The van der Waals surface area contributed by atoms with Crippen LogP contribution in [0.15, 0.2) is 43.1 Å². The van der Waals surface area contributed by atoms with Crippen LogP contribution in [-0.2, 0) is 24.4 Å². The Hall–Kier alpha value is -1.98. The maximum atomic E-state index is 13.5. The summed E-state index contributed by atoms with van der Waals surface area (Å²) in [6, 6.07) is 6.83. The van der Waals surface area contributed by atoms with Crippen LogP contribution in [0.3, 0.4) is 0 Å². The van der Waals surface area contributed by atoms with Gasteiger partial charge in [0.05, 0.1) is 18.8 Å². The lowest BCUT2D eigenvalue weighted by Gasteiger charge is -2.25. The minimum absolute atomic E-state index is 0.190. The molecular weight excluding hydrogens is 317 g/mol. The lowest BCUT2D eigenvalue weighted by Crippen LogP contribution is -2.31. The Balaban J connectivity index is 1.74. The summed E-state index contributed by atoms with van der Waals surface area (Å²) in [5.41, 5.74) is 3.32. The highest BCUT2D eigenvalue weighted by Gasteiger charge is 2.21. The van der Waals surface area contributed by atoms with Gasteiger partial charge in [0, 0.05) is 37.5 Å².